The SMILES string of the molecule is Cc1ccccc1-n1nc(SCC(=O)[O-])sc1=S. The first-order valence-corrected chi connectivity index (χ1v) is 7.28. The zero-order valence-corrected chi connectivity index (χ0v) is 11.9. The van der Waals surface area contributed by atoms with E-state index in [0.717, 1.165) is 23.0 Å². The molecule has 0 fully saturated rings. The minimum atomic E-state index is -1.11. The quantitative estimate of drug-likeness (QED) is 0.636. The van der Waals surface area contributed by atoms with E-state index in [9.17, 15) is 9.90 Å². The summed E-state index contributed by atoms with van der Waals surface area (Å²) in [6.45, 7) is 1.98. The fraction of sp³-hybridized carbons (Fsp3) is 0.182. The van der Waals surface area contributed by atoms with Crippen LogP contribution in [0.25, 0.3) is 5.69 Å². The summed E-state index contributed by atoms with van der Waals surface area (Å²) in [4.78, 5) is 10.4. The summed E-state index contributed by atoms with van der Waals surface area (Å²) < 4.78 is 2.89. The number of hydrogen-bond donors (Lipinski definition) is 0. The van der Waals surface area contributed by atoms with Crippen molar-refractivity contribution in [2.24, 2.45) is 0 Å². The standard InChI is InChI=1S/C11H10N2O2S3/c1-7-4-2-3-5-8(7)13-11(16)18-10(12-13)17-6-9(14)15/h2-5H,6H2,1H3,(H,14,15)/p-1. The van der Waals surface area contributed by atoms with Crippen LogP contribution < -0.4 is 5.11 Å². The van der Waals surface area contributed by atoms with Gasteiger partial charge < -0.3 is 9.90 Å². The Hall–Kier alpha value is -1.18. The minimum absolute atomic E-state index is 0.115. The van der Waals surface area contributed by atoms with Crippen LogP contribution in [0.1, 0.15) is 5.56 Å². The highest BCUT2D eigenvalue weighted by Gasteiger charge is 2.07. The van der Waals surface area contributed by atoms with Crippen molar-refractivity contribution in [3.63, 3.8) is 0 Å². The van der Waals surface area contributed by atoms with E-state index in [2.05, 4.69) is 5.10 Å². The normalized spacial score (nSPS) is 10.5. The third-order valence-electron chi connectivity index (χ3n) is 2.19. The molecule has 0 bridgehead atoms. The summed E-state index contributed by atoms with van der Waals surface area (Å²) in [5, 5.41) is 14.7. The number of carbonyl (C=O) groups excluding carboxylic acids is 1. The van der Waals surface area contributed by atoms with E-state index < -0.39 is 5.97 Å². The monoisotopic (exact) mass is 297 g/mol. The number of para-hydroxylation sites is 1. The largest absolute Gasteiger partial charge is 0.549 e. The van der Waals surface area contributed by atoms with Crippen LogP contribution in [-0.2, 0) is 4.79 Å². The lowest BCUT2D eigenvalue weighted by molar-refractivity contribution is -0.301. The molecule has 94 valence electrons. The molecule has 0 radical (unpaired) electrons. The Kier molecular flexibility index (Phi) is 4.15. The van der Waals surface area contributed by atoms with Crippen molar-refractivity contribution < 1.29 is 9.90 Å². The number of benzene rings is 1. The van der Waals surface area contributed by atoms with Gasteiger partial charge in [-0.05, 0) is 30.8 Å². The molecule has 0 saturated carbocycles. The van der Waals surface area contributed by atoms with Gasteiger partial charge in [0.2, 0.25) is 0 Å². The fourth-order valence-corrected chi connectivity index (χ4v) is 3.45. The topological polar surface area (TPSA) is 58.0 Å². The van der Waals surface area contributed by atoms with Crippen LogP contribution >= 0.6 is 35.3 Å². The van der Waals surface area contributed by atoms with Crippen molar-refractivity contribution in [1.82, 2.24) is 9.78 Å². The van der Waals surface area contributed by atoms with E-state index in [1.807, 2.05) is 31.2 Å². The maximum atomic E-state index is 10.4. The molecule has 0 aliphatic carbocycles. The first kappa shape index (κ1) is 13.3. The molecule has 0 spiro atoms. The molecule has 0 amide bonds. The first-order valence-electron chi connectivity index (χ1n) is 5.07. The molecule has 0 saturated heterocycles. The molecule has 7 heteroatoms. The lowest BCUT2D eigenvalue weighted by atomic mass is 10.2. The molecule has 1 aromatic heterocycles. The lowest BCUT2D eigenvalue weighted by Crippen LogP contribution is -2.24. The molecule has 1 aromatic carbocycles. The number of nitrogens with zero attached hydrogens (tertiary/aromatic N) is 2. The van der Waals surface area contributed by atoms with Crippen LogP contribution in [0.3, 0.4) is 0 Å². The zero-order valence-electron chi connectivity index (χ0n) is 9.45. The van der Waals surface area contributed by atoms with Gasteiger partial charge in [0.25, 0.3) is 0 Å². The van der Waals surface area contributed by atoms with Crippen molar-refractivity contribution >= 4 is 41.3 Å². The maximum Gasteiger partial charge on any atom is 0.184 e. The Labute approximate surface area is 117 Å². The third-order valence-corrected chi connectivity index (χ3v) is 4.53. The Morgan fingerprint density at radius 2 is 2.28 bits per heavy atom. The predicted molar refractivity (Wildman–Crippen MR) is 72.7 cm³/mol. The minimum Gasteiger partial charge on any atom is -0.549 e. The molecule has 0 atom stereocenters. The van der Waals surface area contributed by atoms with Gasteiger partial charge in [0.05, 0.1) is 11.7 Å². The highest BCUT2D eigenvalue weighted by atomic mass is 32.2. The van der Waals surface area contributed by atoms with Crippen molar-refractivity contribution in [1.29, 1.82) is 0 Å². The number of hydrogen-bond acceptors (Lipinski definition) is 6. The van der Waals surface area contributed by atoms with E-state index in [0.29, 0.717) is 8.29 Å². The summed E-state index contributed by atoms with van der Waals surface area (Å²) >= 11 is 7.66. The van der Waals surface area contributed by atoms with Gasteiger partial charge in [0.1, 0.15) is 0 Å². The summed E-state index contributed by atoms with van der Waals surface area (Å²) in [6, 6.07) is 7.76. The average molecular weight is 297 g/mol. The van der Waals surface area contributed by atoms with Crippen LogP contribution in [0.4, 0.5) is 0 Å². The van der Waals surface area contributed by atoms with E-state index in [4.69, 9.17) is 12.2 Å². The number of carboxylic acid groups (broad SMARTS) is 1. The molecule has 0 aliphatic heterocycles. The summed E-state index contributed by atoms with van der Waals surface area (Å²) in [5.41, 5.74) is 1.98. The molecular formula is C11H9N2O2S3-. The number of rotatable bonds is 4. The summed E-state index contributed by atoms with van der Waals surface area (Å²) in [6.07, 6.45) is 0. The van der Waals surface area contributed by atoms with Crippen molar-refractivity contribution in [3.8, 4) is 5.69 Å². The Balaban J connectivity index is 2.33. The molecule has 18 heavy (non-hydrogen) atoms. The van der Waals surface area contributed by atoms with Crippen molar-refractivity contribution in [2.45, 2.75) is 11.3 Å². The van der Waals surface area contributed by atoms with E-state index >= 15 is 0 Å². The van der Waals surface area contributed by atoms with Crippen LogP contribution in [-0.4, -0.2) is 21.5 Å². The van der Waals surface area contributed by atoms with Gasteiger partial charge in [0, 0.05) is 5.75 Å². The number of carboxylic acids is 1. The number of carbonyl (C=O) groups is 1. The molecule has 4 nitrogen and oxygen atoms in total. The smallest absolute Gasteiger partial charge is 0.184 e. The molecule has 2 rings (SSSR count). The molecule has 0 N–H and O–H groups in total. The second kappa shape index (κ2) is 5.64. The van der Waals surface area contributed by atoms with Gasteiger partial charge in [-0.3, -0.25) is 0 Å². The molecular weight excluding hydrogens is 288 g/mol. The lowest BCUT2D eigenvalue weighted by Gasteiger charge is -2.04. The molecule has 1 heterocycles. The highest BCUT2D eigenvalue weighted by Crippen LogP contribution is 2.24. The third kappa shape index (κ3) is 2.98. The van der Waals surface area contributed by atoms with Crippen molar-refractivity contribution in [3.05, 3.63) is 33.8 Å². The highest BCUT2D eigenvalue weighted by molar-refractivity contribution is 8.01. The van der Waals surface area contributed by atoms with Gasteiger partial charge >= 0.3 is 0 Å². The second-order valence-electron chi connectivity index (χ2n) is 3.49. The number of aryl methyl sites for hydroxylation is 1. The molecule has 2 aromatic rings. The first-order chi connectivity index (χ1) is 8.58. The average Bonchev–Trinajstić information content (AvgIpc) is 2.69. The van der Waals surface area contributed by atoms with Gasteiger partial charge in [-0.1, -0.05) is 41.3 Å². The summed E-state index contributed by atoms with van der Waals surface area (Å²) in [5.74, 6) is -1.22. The zero-order chi connectivity index (χ0) is 13.1. The summed E-state index contributed by atoms with van der Waals surface area (Å²) in [7, 11) is 0. The van der Waals surface area contributed by atoms with Crippen molar-refractivity contribution in [2.75, 3.05) is 5.75 Å². The van der Waals surface area contributed by atoms with Crippen LogP contribution in [0.5, 0.6) is 0 Å². The van der Waals surface area contributed by atoms with Crippen LogP contribution in [0.15, 0.2) is 28.6 Å². The molecule has 0 unspecified atom stereocenters. The Morgan fingerprint density at radius 1 is 1.56 bits per heavy atom. The Bertz CT molecular complexity index is 633. The Morgan fingerprint density at radius 3 is 2.94 bits per heavy atom. The number of aromatic nitrogens is 2. The van der Waals surface area contributed by atoms with Gasteiger partial charge in [0.15, 0.2) is 8.29 Å². The van der Waals surface area contributed by atoms with Crippen LogP contribution in [0.2, 0.25) is 0 Å². The number of aliphatic carboxylic acids is 1. The van der Waals surface area contributed by atoms with Gasteiger partial charge in [-0.2, -0.15) is 0 Å². The van der Waals surface area contributed by atoms with Crippen LogP contribution in [0, 0.1) is 10.9 Å². The maximum absolute atomic E-state index is 10.4. The van der Waals surface area contributed by atoms with E-state index in [1.165, 1.54) is 11.3 Å². The van der Waals surface area contributed by atoms with E-state index in [1.54, 1.807) is 4.68 Å². The van der Waals surface area contributed by atoms with E-state index in [-0.39, 0.29) is 5.75 Å². The fourth-order valence-electron chi connectivity index (χ4n) is 1.39. The van der Waals surface area contributed by atoms with Gasteiger partial charge in [-0.25, -0.2) is 4.68 Å². The predicted octanol–water partition coefficient (Wildman–Crippen LogP) is 1.81. The second-order valence-corrected chi connectivity index (χ2v) is 6.34. The number of thioether (sulfide) groups is 1. The van der Waals surface area contributed by atoms with Gasteiger partial charge in [-0.15, -0.1) is 5.10 Å². The molecule has 0 aliphatic rings.